The molecule has 2 aromatic carbocycles. The van der Waals surface area contributed by atoms with Crippen LogP contribution >= 0.6 is 0 Å². The van der Waals surface area contributed by atoms with Crippen molar-refractivity contribution in [2.45, 2.75) is 130 Å². The van der Waals surface area contributed by atoms with Crippen molar-refractivity contribution in [2.75, 3.05) is 66.7 Å². The number of carbonyl (C=O) groups excluding carboxylic acids is 5. The van der Waals surface area contributed by atoms with Gasteiger partial charge in [-0.2, -0.15) is 0 Å². The molecule has 6 atom stereocenters. The molecular weight excluding hydrogens is 949 g/mol. The van der Waals surface area contributed by atoms with Gasteiger partial charge in [-0.3, -0.25) is 38.9 Å². The maximum Gasteiger partial charge on any atom is 0.302 e. The molecule has 402 valence electrons. The molecule has 0 bridgehead atoms. The Morgan fingerprint density at radius 3 is 2.52 bits per heavy atom. The maximum absolute atomic E-state index is 14.6. The molecule has 4 aliphatic heterocycles. The van der Waals surface area contributed by atoms with Gasteiger partial charge in [-0.05, 0) is 111 Å². The van der Waals surface area contributed by atoms with Crippen molar-refractivity contribution >= 4 is 40.5 Å². The molecule has 6 heterocycles. The van der Waals surface area contributed by atoms with Gasteiger partial charge in [0.2, 0.25) is 11.8 Å². The Bertz CT molecular complexity index is 2790. The highest BCUT2D eigenvalue weighted by molar-refractivity contribution is 5.97. The predicted octanol–water partition coefficient (Wildman–Crippen LogP) is 6.58. The number of aryl methyl sites for hydroxylation is 1. The fourth-order valence-corrected chi connectivity index (χ4v) is 11.7. The van der Waals surface area contributed by atoms with Gasteiger partial charge in [-0.15, -0.1) is 0 Å². The Balaban J connectivity index is 1.04. The average Bonchev–Trinajstić information content (AvgIpc) is 4.16. The van der Waals surface area contributed by atoms with E-state index in [1.54, 1.807) is 30.3 Å². The quantitative estimate of drug-likeness (QED) is 0.0867. The highest BCUT2D eigenvalue weighted by atomic mass is 16.5. The van der Waals surface area contributed by atoms with Crippen molar-refractivity contribution in [1.82, 2.24) is 40.0 Å². The Kier molecular flexibility index (Phi) is 17.8. The van der Waals surface area contributed by atoms with Gasteiger partial charge in [0.25, 0.3) is 11.8 Å². The first-order valence-electron chi connectivity index (χ1n) is 27.1. The van der Waals surface area contributed by atoms with Gasteiger partial charge in [0.05, 0.1) is 49.3 Å². The summed E-state index contributed by atoms with van der Waals surface area (Å²) in [5, 5.41) is 5.81. The zero-order valence-corrected chi connectivity index (χ0v) is 45.6. The normalized spacial score (nSPS) is 20.3. The third kappa shape index (κ3) is 12.6. The van der Waals surface area contributed by atoms with Crippen LogP contribution in [-0.2, 0) is 57.6 Å². The van der Waals surface area contributed by atoms with E-state index >= 15 is 0 Å². The van der Waals surface area contributed by atoms with Crippen LogP contribution in [0.5, 0.6) is 0 Å². The summed E-state index contributed by atoms with van der Waals surface area (Å²) in [5.74, 6) is 3.86. The Hall–Kier alpha value is -6.12. The molecule has 1 unspecified atom stereocenters. The summed E-state index contributed by atoms with van der Waals surface area (Å²) in [4.78, 5) is 79.1. The van der Waals surface area contributed by atoms with Crippen molar-refractivity contribution in [1.29, 1.82) is 0 Å². The van der Waals surface area contributed by atoms with Crippen LogP contribution in [0.4, 0.5) is 0 Å². The number of rotatable bonds is 17. The lowest BCUT2D eigenvalue weighted by molar-refractivity contribution is -0.146. The minimum Gasteiger partial charge on any atom is -0.465 e. The Morgan fingerprint density at radius 1 is 0.987 bits per heavy atom. The first-order chi connectivity index (χ1) is 36.0. The number of esters is 1. The van der Waals surface area contributed by atoms with E-state index < -0.39 is 29.3 Å². The SMILES string of the molecule is CCn1c(-c2cccnc2[C@H](C)OC)c(CC(C)(C)COC(C)=O)c2cc(-c3cccc(C[C@H](NC(=O)[C@H](C(C)C)N(C)C(=O)C4CCN(C(=O)C#C[C@@H]5CC[C@@H]6COCCN65)C4)C(=O)N4CCCCN4)c3)ccc21. The topological polar surface area (TPSA) is 168 Å². The van der Waals surface area contributed by atoms with Crippen LogP contribution in [0.3, 0.4) is 0 Å². The van der Waals surface area contributed by atoms with E-state index in [-0.39, 0.29) is 61.3 Å². The summed E-state index contributed by atoms with van der Waals surface area (Å²) in [7, 11) is 3.34. The van der Waals surface area contributed by atoms with E-state index in [0.29, 0.717) is 58.3 Å². The van der Waals surface area contributed by atoms with Crippen LogP contribution in [0.1, 0.15) is 103 Å². The molecule has 8 rings (SSSR count). The van der Waals surface area contributed by atoms with Crippen LogP contribution in [0, 0.1) is 29.1 Å². The summed E-state index contributed by atoms with van der Waals surface area (Å²) in [6.07, 6.45) is 6.51. The van der Waals surface area contributed by atoms with E-state index in [4.69, 9.17) is 19.2 Å². The first-order valence-corrected chi connectivity index (χ1v) is 27.1. The summed E-state index contributed by atoms with van der Waals surface area (Å²) >= 11 is 0. The highest BCUT2D eigenvalue weighted by Crippen LogP contribution is 2.42. The molecule has 16 heteroatoms. The number of hydrogen-bond donors (Lipinski definition) is 2. The molecule has 4 fully saturated rings. The van der Waals surface area contributed by atoms with E-state index in [1.807, 2.05) is 39.0 Å². The average molecular weight is 1030 g/mol. The molecule has 4 aliphatic rings. The van der Waals surface area contributed by atoms with Crippen LogP contribution in [-0.4, -0.2) is 150 Å². The fraction of sp³-hybridized carbons (Fsp3) is 0.559. The van der Waals surface area contributed by atoms with Crippen molar-refractivity contribution in [3.8, 4) is 34.2 Å². The molecular formula is C59H78N8O8. The zero-order chi connectivity index (χ0) is 53.6. The molecule has 4 aromatic rings. The third-order valence-electron chi connectivity index (χ3n) is 15.6. The maximum atomic E-state index is 14.6. The minimum absolute atomic E-state index is 0.0331. The molecule has 0 aliphatic carbocycles. The molecule has 4 amide bonds. The van der Waals surface area contributed by atoms with E-state index in [1.165, 1.54) is 11.8 Å². The number of likely N-dealkylation sites (N-methyl/N-ethyl adjacent to an activating group) is 1. The van der Waals surface area contributed by atoms with Gasteiger partial charge in [0.15, 0.2) is 0 Å². The fourth-order valence-electron chi connectivity index (χ4n) is 11.7. The van der Waals surface area contributed by atoms with Gasteiger partial charge >= 0.3 is 5.97 Å². The van der Waals surface area contributed by atoms with Crippen molar-refractivity contribution in [3.05, 3.63) is 77.6 Å². The number of carbonyl (C=O) groups is 5. The van der Waals surface area contributed by atoms with Gasteiger partial charge in [-0.1, -0.05) is 63.9 Å². The predicted molar refractivity (Wildman–Crippen MR) is 289 cm³/mol. The molecule has 4 saturated heterocycles. The van der Waals surface area contributed by atoms with Crippen LogP contribution in [0.15, 0.2) is 60.8 Å². The second-order valence-electron chi connectivity index (χ2n) is 22.0. The second-order valence-corrected chi connectivity index (χ2v) is 22.0. The molecule has 0 saturated carbocycles. The third-order valence-corrected chi connectivity index (χ3v) is 15.6. The van der Waals surface area contributed by atoms with Gasteiger partial charge in [0, 0.05) is 101 Å². The van der Waals surface area contributed by atoms with Crippen molar-refractivity contribution in [3.63, 3.8) is 0 Å². The number of hydrazine groups is 1. The van der Waals surface area contributed by atoms with Gasteiger partial charge < -0.3 is 33.9 Å². The molecule has 2 N–H and O–H groups in total. The smallest absolute Gasteiger partial charge is 0.302 e. The number of fused-ring (bicyclic) bond motifs is 2. The molecule has 2 aromatic heterocycles. The van der Waals surface area contributed by atoms with E-state index in [9.17, 15) is 24.0 Å². The number of amides is 4. The number of nitrogens with zero attached hydrogens (tertiary/aromatic N) is 6. The van der Waals surface area contributed by atoms with Gasteiger partial charge in [-0.25, -0.2) is 5.43 Å². The lowest BCUT2D eigenvalue weighted by Crippen LogP contribution is -2.59. The number of aromatic nitrogens is 2. The van der Waals surface area contributed by atoms with E-state index in [0.717, 1.165) is 82.3 Å². The molecule has 75 heavy (non-hydrogen) atoms. The standard InChI is InChI=1S/C59H78N8O8/c1-10-65-51-22-18-43(33-48(51)49(34-59(6,7)37-75-40(5)68)55(65)47-17-14-25-60-53(47)39(4)73-9)42-16-13-15-41(31-42)32-50(58(72)67-27-12-11-26-61-67)62-56(70)54(38(2)3)63(8)57(71)44-24-28-64(35-44)52(69)23-21-45-19-20-46-36-74-30-29-66(45)46/h13-18,22,25,31,33,38-39,44-46,50,54,61H,10-12,19-20,24,26-30,32,34-37H2,1-9H3,(H,62,70)/t39-,44?,45-,46+,50-,54-/m0/s1. The summed E-state index contributed by atoms with van der Waals surface area (Å²) in [5.41, 5.74) is 10.6. The van der Waals surface area contributed by atoms with Crippen LogP contribution in [0.2, 0.25) is 0 Å². The van der Waals surface area contributed by atoms with Crippen molar-refractivity contribution < 1.29 is 38.2 Å². The van der Waals surface area contributed by atoms with Crippen LogP contribution < -0.4 is 10.7 Å². The Labute approximate surface area is 443 Å². The Morgan fingerprint density at radius 2 is 1.79 bits per heavy atom. The number of ether oxygens (including phenoxy) is 3. The number of benzene rings is 2. The van der Waals surface area contributed by atoms with Crippen LogP contribution in [0.25, 0.3) is 33.3 Å². The number of hydrogen-bond acceptors (Lipinski definition) is 11. The molecule has 16 nitrogen and oxygen atoms in total. The monoisotopic (exact) mass is 1030 g/mol. The lowest BCUT2D eigenvalue weighted by Gasteiger charge is -2.35. The zero-order valence-electron chi connectivity index (χ0n) is 45.6. The summed E-state index contributed by atoms with van der Waals surface area (Å²) < 4.78 is 19.4. The number of pyridine rings is 1. The van der Waals surface area contributed by atoms with E-state index in [2.05, 4.69) is 89.2 Å². The summed E-state index contributed by atoms with van der Waals surface area (Å²) in [6, 6.07) is 17.2. The number of methoxy groups -OCH3 is 1. The lowest BCUT2D eigenvalue weighted by atomic mass is 9.84. The number of likely N-dealkylation sites (tertiary alicyclic amines) is 1. The minimum atomic E-state index is -0.938. The highest BCUT2D eigenvalue weighted by Gasteiger charge is 2.40. The number of morpholine rings is 1. The van der Waals surface area contributed by atoms with Crippen molar-refractivity contribution in [2.24, 2.45) is 17.3 Å². The largest absolute Gasteiger partial charge is 0.465 e. The number of nitrogens with one attached hydrogen (secondary N) is 2. The summed E-state index contributed by atoms with van der Waals surface area (Å²) in [6.45, 7) is 18.5. The second kappa shape index (κ2) is 24.3. The molecule has 0 radical (unpaired) electrons. The first kappa shape index (κ1) is 55.1. The van der Waals surface area contributed by atoms with Gasteiger partial charge in [0.1, 0.15) is 12.1 Å². The molecule has 0 spiro atoms.